The zero-order chi connectivity index (χ0) is 18.5. The van der Waals surface area contributed by atoms with E-state index in [0.717, 1.165) is 5.56 Å². The Bertz CT molecular complexity index is 994. The van der Waals surface area contributed by atoms with Crippen LogP contribution in [0.1, 0.15) is 12.5 Å². The van der Waals surface area contributed by atoms with Gasteiger partial charge in [-0.15, -0.1) is 0 Å². The molecule has 0 aliphatic carbocycles. The zero-order valence-electron chi connectivity index (χ0n) is 14.3. The highest BCUT2D eigenvalue weighted by Crippen LogP contribution is 2.29. The molecule has 0 saturated carbocycles. The second-order valence-electron chi connectivity index (χ2n) is 5.27. The fourth-order valence-electron chi connectivity index (χ4n) is 2.42. The van der Waals surface area contributed by atoms with Gasteiger partial charge in [0.1, 0.15) is 5.75 Å². The van der Waals surface area contributed by atoms with Crippen molar-refractivity contribution < 1.29 is 14.6 Å². The lowest BCUT2D eigenvalue weighted by molar-refractivity contribution is 0.341. The van der Waals surface area contributed by atoms with Crippen molar-refractivity contribution in [3.8, 4) is 28.6 Å². The second kappa shape index (κ2) is 7.83. The van der Waals surface area contributed by atoms with Gasteiger partial charge in [0.15, 0.2) is 17.3 Å². The molecular formula is C18H18N4O3S. The monoisotopic (exact) mass is 370 g/mol. The van der Waals surface area contributed by atoms with Crippen molar-refractivity contribution in [2.45, 2.75) is 6.92 Å². The number of aromatic hydroxyl groups is 1. The molecule has 26 heavy (non-hydrogen) atoms. The van der Waals surface area contributed by atoms with Gasteiger partial charge in [0.25, 0.3) is 0 Å². The average molecular weight is 370 g/mol. The van der Waals surface area contributed by atoms with Crippen LogP contribution in [-0.4, -0.2) is 39.9 Å². The van der Waals surface area contributed by atoms with Gasteiger partial charge in [-0.25, -0.2) is 5.10 Å². The molecule has 7 nitrogen and oxygen atoms in total. The third-order valence-electron chi connectivity index (χ3n) is 3.60. The first kappa shape index (κ1) is 17.7. The highest BCUT2D eigenvalue weighted by Gasteiger charge is 2.13. The first-order valence-corrected chi connectivity index (χ1v) is 8.35. The number of rotatable bonds is 6. The SMILES string of the molecule is CCOc1ccccc1-c1n[nH]c(=S)n1/N=C\c1ccc(OC)c(O)c1. The first-order valence-electron chi connectivity index (χ1n) is 7.95. The predicted molar refractivity (Wildman–Crippen MR) is 102 cm³/mol. The topological polar surface area (TPSA) is 84.7 Å². The van der Waals surface area contributed by atoms with Crippen LogP contribution in [0.2, 0.25) is 0 Å². The highest BCUT2D eigenvalue weighted by atomic mass is 32.1. The minimum atomic E-state index is 0.0363. The second-order valence-corrected chi connectivity index (χ2v) is 5.66. The molecule has 0 spiro atoms. The standard InChI is InChI=1S/C18H18N4O3S/c1-3-25-15-7-5-4-6-13(15)17-20-21-18(26)22(17)19-11-12-8-9-16(24-2)14(23)10-12/h4-11,23H,3H2,1-2H3,(H,21,26)/b19-11-. The summed E-state index contributed by atoms with van der Waals surface area (Å²) in [6, 6.07) is 12.5. The normalized spacial score (nSPS) is 11.0. The number of H-pyrrole nitrogens is 1. The molecule has 0 aliphatic rings. The van der Waals surface area contributed by atoms with Crippen molar-refractivity contribution >= 4 is 18.4 Å². The molecule has 3 aromatic rings. The van der Waals surface area contributed by atoms with Gasteiger partial charge in [-0.2, -0.15) is 14.9 Å². The van der Waals surface area contributed by atoms with Crippen LogP contribution in [0.3, 0.4) is 0 Å². The maximum Gasteiger partial charge on any atom is 0.216 e. The highest BCUT2D eigenvalue weighted by molar-refractivity contribution is 7.71. The molecule has 2 N–H and O–H groups in total. The number of nitrogens with zero attached hydrogens (tertiary/aromatic N) is 3. The van der Waals surface area contributed by atoms with Crippen LogP contribution in [0.5, 0.6) is 17.2 Å². The van der Waals surface area contributed by atoms with Gasteiger partial charge in [-0.05, 0) is 55.0 Å². The van der Waals surface area contributed by atoms with E-state index >= 15 is 0 Å². The zero-order valence-corrected chi connectivity index (χ0v) is 15.2. The van der Waals surface area contributed by atoms with Crippen LogP contribution in [-0.2, 0) is 0 Å². The van der Waals surface area contributed by atoms with Crippen molar-refractivity contribution in [3.63, 3.8) is 0 Å². The van der Waals surface area contributed by atoms with Gasteiger partial charge in [-0.1, -0.05) is 12.1 Å². The van der Waals surface area contributed by atoms with Crippen molar-refractivity contribution in [3.05, 3.63) is 52.8 Å². The molecule has 1 heterocycles. The third-order valence-corrected chi connectivity index (χ3v) is 3.87. The van der Waals surface area contributed by atoms with E-state index in [-0.39, 0.29) is 5.75 Å². The van der Waals surface area contributed by atoms with Gasteiger partial charge < -0.3 is 14.6 Å². The smallest absolute Gasteiger partial charge is 0.216 e. The lowest BCUT2D eigenvalue weighted by Crippen LogP contribution is -1.99. The van der Waals surface area contributed by atoms with E-state index in [0.29, 0.717) is 34.3 Å². The number of aromatic nitrogens is 3. The van der Waals surface area contributed by atoms with Gasteiger partial charge in [0, 0.05) is 0 Å². The number of ether oxygens (including phenoxy) is 2. The van der Waals surface area contributed by atoms with Crippen LogP contribution in [0, 0.1) is 4.77 Å². The number of hydrogen-bond acceptors (Lipinski definition) is 6. The summed E-state index contributed by atoms with van der Waals surface area (Å²) in [5, 5.41) is 21.3. The summed E-state index contributed by atoms with van der Waals surface area (Å²) in [5.74, 6) is 1.66. The molecule has 1 aromatic heterocycles. The average Bonchev–Trinajstić information content (AvgIpc) is 3.01. The van der Waals surface area contributed by atoms with Crippen LogP contribution in [0.15, 0.2) is 47.6 Å². The number of benzene rings is 2. The van der Waals surface area contributed by atoms with E-state index in [2.05, 4.69) is 15.3 Å². The minimum Gasteiger partial charge on any atom is -0.504 e. The van der Waals surface area contributed by atoms with E-state index in [9.17, 15) is 5.11 Å². The molecule has 0 atom stereocenters. The molecule has 0 unspecified atom stereocenters. The Morgan fingerprint density at radius 1 is 1.27 bits per heavy atom. The van der Waals surface area contributed by atoms with Crippen molar-refractivity contribution in [2.24, 2.45) is 5.10 Å². The van der Waals surface area contributed by atoms with E-state index in [4.69, 9.17) is 21.7 Å². The van der Waals surface area contributed by atoms with Crippen LogP contribution in [0.25, 0.3) is 11.4 Å². The van der Waals surface area contributed by atoms with Crippen LogP contribution >= 0.6 is 12.2 Å². The molecule has 0 bridgehead atoms. The van der Waals surface area contributed by atoms with Gasteiger partial charge in [0.2, 0.25) is 4.77 Å². The molecule has 2 aromatic carbocycles. The Hall–Kier alpha value is -3.13. The summed E-state index contributed by atoms with van der Waals surface area (Å²) in [7, 11) is 1.50. The summed E-state index contributed by atoms with van der Waals surface area (Å²) >= 11 is 5.28. The molecule has 0 aliphatic heterocycles. The molecule has 8 heteroatoms. The fourth-order valence-corrected chi connectivity index (χ4v) is 2.60. The molecular weight excluding hydrogens is 352 g/mol. The van der Waals surface area contributed by atoms with Gasteiger partial charge >= 0.3 is 0 Å². The van der Waals surface area contributed by atoms with E-state index in [1.54, 1.807) is 24.4 Å². The van der Waals surface area contributed by atoms with Crippen LogP contribution in [0.4, 0.5) is 0 Å². The lowest BCUT2D eigenvalue weighted by Gasteiger charge is -2.08. The Kier molecular flexibility index (Phi) is 5.33. The number of phenols is 1. The van der Waals surface area contributed by atoms with Crippen LogP contribution < -0.4 is 9.47 Å². The number of para-hydroxylation sites is 1. The number of nitrogens with one attached hydrogen (secondary N) is 1. The van der Waals surface area contributed by atoms with Crippen molar-refractivity contribution in [1.82, 2.24) is 14.9 Å². The largest absolute Gasteiger partial charge is 0.504 e. The summed E-state index contributed by atoms with van der Waals surface area (Å²) in [5.41, 5.74) is 1.46. The molecule has 3 rings (SSSR count). The van der Waals surface area contributed by atoms with Gasteiger partial charge in [-0.3, -0.25) is 0 Å². The molecule has 0 amide bonds. The van der Waals surface area contributed by atoms with Gasteiger partial charge in [0.05, 0.1) is 25.5 Å². The van der Waals surface area contributed by atoms with Crippen molar-refractivity contribution in [1.29, 1.82) is 0 Å². The first-order chi connectivity index (χ1) is 12.6. The Morgan fingerprint density at radius 3 is 2.81 bits per heavy atom. The Morgan fingerprint density at radius 2 is 2.08 bits per heavy atom. The summed E-state index contributed by atoms with van der Waals surface area (Å²) in [6.07, 6.45) is 1.58. The number of aromatic amines is 1. The number of hydrogen-bond donors (Lipinski definition) is 2. The molecule has 0 saturated heterocycles. The summed E-state index contributed by atoms with van der Waals surface area (Å²) < 4.78 is 12.6. The van der Waals surface area contributed by atoms with E-state index in [1.807, 2.05) is 31.2 Å². The molecule has 134 valence electrons. The molecule has 0 radical (unpaired) electrons. The predicted octanol–water partition coefficient (Wildman–Crippen LogP) is 3.60. The fraction of sp³-hybridized carbons (Fsp3) is 0.167. The minimum absolute atomic E-state index is 0.0363. The number of methoxy groups -OCH3 is 1. The van der Waals surface area contributed by atoms with E-state index < -0.39 is 0 Å². The number of phenolic OH excluding ortho intramolecular Hbond substituents is 1. The van der Waals surface area contributed by atoms with E-state index in [1.165, 1.54) is 11.8 Å². The third kappa shape index (κ3) is 3.60. The Balaban J connectivity index is 1.99. The quantitative estimate of drug-likeness (QED) is 0.511. The molecule has 0 fully saturated rings. The maximum absolute atomic E-state index is 9.88. The summed E-state index contributed by atoms with van der Waals surface area (Å²) in [4.78, 5) is 0. The van der Waals surface area contributed by atoms with Crippen molar-refractivity contribution in [2.75, 3.05) is 13.7 Å². The maximum atomic E-state index is 9.88. The Labute approximate surface area is 155 Å². The lowest BCUT2D eigenvalue weighted by atomic mass is 10.2. The summed E-state index contributed by atoms with van der Waals surface area (Å²) in [6.45, 7) is 2.46.